The van der Waals surface area contributed by atoms with Crippen molar-refractivity contribution in [3.8, 4) is 0 Å². The van der Waals surface area contributed by atoms with E-state index in [0.29, 0.717) is 0 Å². The molecule has 0 heteroatoms. The molecule has 0 N–H and O–H groups in total. The number of rotatable bonds is 5. The Morgan fingerprint density at radius 3 is 2.00 bits per heavy atom. The van der Waals surface area contributed by atoms with Gasteiger partial charge in [-0.15, -0.1) is 0 Å². The third kappa shape index (κ3) is 3.14. The second kappa shape index (κ2) is 5.88. The van der Waals surface area contributed by atoms with Crippen LogP contribution in [0.1, 0.15) is 37.8 Å². The van der Waals surface area contributed by atoms with Crippen molar-refractivity contribution in [2.24, 2.45) is 0 Å². The van der Waals surface area contributed by atoms with Crippen LogP contribution in [0.15, 0.2) is 67.2 Å². The van der Waals surface area contributed by atoms with Crippen LogP contribution >= 0.6 is 0 Å². The van der Waals surface area contributed by atoms with Gasteiger partial charge in [0.2, 0.25) is 0 Å². The Bertz CT molecular complexity index is 524. The summed E-state index contributed by atoms with van der Waals surface area (Å²) in [6, 6.07) is 21.2. The summed E-state index contributed by atoms with van der Waals surface area (Å²) in [6.07, 6.45) is 2.11. The normalized spacial score (nSPS) is 13.8. The minimum Gasteiger partial charge on any atom is -0.0952 e. The van der Waals surface area contributed by atoms with Crippen LogP contribution in [0.25, 0.3) is 5.57 Å². The number of benzene rings is 2. The van der Waals surface area contributed by atoms with E-state index in [9.17, 15) is 0 Å². The summed E-state index contributed by atoms with van der Waals surface area (Å²) in [7, 11) is 0. The zero-order valence-corrected chi connectivity index (χ0v) is 11.9. The van der Waals surface area contributed by atoms with Gasteiger partial charge >= 0.3 is 0 Å². The monoisotopic (exact) mass is 250 g/mol. The molecule has 0 aliphatic rings. The van der Waals surface area contributed by atoms with E-state index in [2.05, 4.69) is 75.0 Å². The number of hydrogen-bond acceptors (Lipinski definition) is 0. The van der Waals surface area contributed by atoms with Crippen LogP contribution in [0.2, 0.25) is 0 Å². The highest BCUT2D eigenvalue weighted by molar-refractivity contribution is 5.64. The van der Waals surface area contributed by atoms with Crippen LogP contribution in [0.3, 0.4) is 0 Å². The van der Waals surface area contributed by atoms with Crippen molar-refractivity contribution in [2.75, 3.05) is 0 Å². The van der Waals surface area contributed by atoms with Gasteiger partial charge in [-0.05, 0) is 35.0 Å². The molecule has 0 aliphatic heterocycles. The van der Waals surface area contributed by atoms with Gasteiger partial charge in [0.05, 0.1) is 0 Å². The molecule has 1 unspecified atom stereocenters. The molecule has 2 aromatic carbocycles. The summed E-state index contributed by atoms with van der Waals surface area (Å²) in [6.45, 7) is 8.87. The maximum absolute atomic E-state index is 4.28. The lowest BCUT2D eigenvalue weighted by Gasteiger charge is -2.30. The second-order valence-corrected chi connectivity index (χ2v) is 5.43. The molecule has 2 rings (SSSR count). The van der Waals surface area contributed by atoms with Gasteiger partial charge in [-0.2, -0.15) is 0 Å². The lowest BCUT2D eigenvalue weighted by atomic mass is 9.74. The summed E-state index contributed by atoms with van der Waals surface area (Å²) < 4.78 is 0. The van der Waals surface area contributed by atoms with E-state index in [1.807, 2.05) is 6.07 Å². The molecular formula is C19H22. The third-order valence-electron chi connectivity index (χ3n) is 4.04. The van der Waals surface area contributed by atoms with Gasteiger partial charge in [0.1, 0.15) is 0 Å². The molecule has 0 saturated heterocycles. The van der Waals surface area contributed by atoms with Gasteiger partial charge in [0, 0.05) is 0 Å². The Balaban J connectivity index is 2.22. The van der Waals surface area contributed by atoms with Gasteiger partial charge in [0.25, 0.3) is 0 Å². The van der Waals surface area contributed by atoms with E-state index in [1.165, 1.54) is 16.7 Å². The molecule has 0 aromatic heterocycles. The van der Waals surface area contributed by atoms with Crippen LogP contribution in [-0.2, 0) is 5.41 Å². The van der Waals surface area contributed by atoms with Gasteiger partial charge < -0.3 is 0 Å². The molecule has 0 heterocycles. The lowest BCUT2D eigenvalue weighted by molar-refractivity contribution is 0.467. The van der Waals surface area contributed by atoms with E-state index in [1.54, 1.807) is 0 Å². The Kier molecular flexibility index (Phi) is 4.21. The summed E-state index contributed by atoms with van der Waals surface area (Å²) in [5.41, 5.74) is 4.02. The topological polar surface area (TPSA) is 0 Å². The molecule has 0 amide bonds. The molecule has 1 atom stereocenters. The van der Waals surface area contributed by atoms with E-state index >= 15 is 0 Å². The average molecular weight is 250 g/mol. The highest BCUT2D eigenvalue weighted by Gasteiger charge is 2.25. The van der Waals surface area contributed by atoms with Gasteiger partial charge in [0.15, 0.2) is 0 Å². The maximum Gasteiger partial charge on any atom is -0.00375 e. The SMILES string of the molecule is C=C(CC(C)(CC)c1ccccc1)c1ccccc1. The maximum atomic E-state index is 4.28. The largest absolute Gasteiger partial charge is 0.0952 e. The first kappa shape index (κ1) is 13.6. The van der Waals surface area contributed by atoms with Crippen LogP contribution in [-0.4, -0.2) is 0 Å². The minimum atomic E-state index is 0.161. The predicted octanol–water partition coefficient (Wildman–Crippen LogP) is 5.46. The van der Waals surface area contributed by atoms with Crippen molar-refractivity contribution in [2.45, 2.75) is 32.1 Å². The summed E-state index contributed by atoms with van der Waals surface area (Å²) in [5.74, 6) is 0. The molecule has 19 heavy (non-hydrogen) atoms. The smallest absolute Gasteiger partial charge is 0.00375 e. The second-order valence-electron chi connectivity index (χ2n) is 5.43. The van der Waals surface area contributed by atoms with Crippen molar-refractivity contribution in [1.29, 1.82) is 0 Å². The van der Waals surface area contributed by atoms with Crippen LogP contribution in [0, 0.1) is 0 Å². The van der Waals surface area contributed by atoms with E-state index in [4.69, 9.17) is 0 Å². The summed E-state index contributed by atoms with van der Waals surface area (Å²) in [4.78, 5) is 0. The fourth-order valence-electron chi connectivity index (χ4n) is 2.52. The van der Waals surface area contributed by atoms with Crippen molar-refractivity contribution in [1.82, 2.24) is 0 Å². The van der Waals surface area contributed by atoms with Gasteiger partial charge in [-0.3, -0.25) is 0 Å². The Morgan fingerprint density at radius 2 is 1.47 bits per heavy atom. The highest BCUT2D eigenvalue weighted by atomic mass is 14.3. The molecule has 0 saturated carbocycles. The molecule has 0 nitrogen and oxygen atoms in total. The highest BCUT2D eigenvalue weighted by Crippen LogP contribution is 2.36. The molecule has 0 aliphatic carbocycles. The first-order valence-electron chi connectivity index (χ1n) is 6.94. The van der Waals surface area contributed by atoms with E-state index in [0.717, 1.165) is 12.8 Å². The van der Waals surface area contributed by atoms with Gasteiger partial charge in [-0.1, -0.05) is 81.1 Å². The Hall–Kier alpha value is -1.82. The molecule has 0 spiro atoms. The predicted molar refractivity (Wildman–Crippen MR) is 84.2 cm³/mol. The Morgan fingerprint density at radius 1 is 0.947 bits per heavy atom. The molecule has 0 bridgehead atoms. The van der Waals surface area contributed by atoms with E-state index in [-0.39, 0.29) is 5.41 Å². The quantitative estimate of drug-likeness (QED) is 0.661. The summed E-state index contributed by atoms with van der Waals surface area (Å²) >= 11 is 0. The third-order valence-corrected chi connectivity index (χ3v) is 4.04. The number of allylic oxidation sites excluding steroid dienone is 1. The fraction of sp³-hybridized carbons (Fsp3) is 0.263. The first-order valence-corrected chi connectivity index (χ1v) is 6.94. The lowest BCUT2D eigenvalue weighted by Crippen LogP contribution is -2.21. The van der Waals surface area contributed by atoms with Crippen molar-refractivity contribution in [3.63, 3.8) is 0 Å². The van der Waals surface area contributed by atoms with E-state index < -0.39 is 0 Å². The fourth-order valence-corrected chi connectivity index (χ4v) is 2.52. The molecule has 98 valence electrons. The van der Waals surface area contributed by atoms with Crippen molar-refractivity contribution >= 4 is 5.57 Å². The molecule has 2 aromatic rings. The molecule has 0 fully saturated rings. The van der Waals surface area contributed by atoms with Crippen LogP contribution in [0.4, 0.5) is 0 Å². The van der Waals surface area contributed by atoms with Crippen LogP contribution < -0.4 is 0 Å². The van der Waals surface area contributed by atoms with Gasteiger partial charge in [-0.25, -0.2) is 0 Å². The zero-order chi connectivity index (χ0) is 13.7. The summed E-state index contributed by atoms with van der Waals surface area (Å²) in [5, 5.41) is 0. The molecular weight excluding hydrogens is 228 g/mol. The molecule has 0 radical (unpaired) electrons. The average Bonchev–Trinajstić information content (AvgIpc) is 2.49. The zero-order valence-electron chi connectivity index (χ0n) is 11.9. The number of hydrogen-bond donors (Lipinski definition) is 0. The van der Waals surface area contributed by atoms with Crippen molar-refractivity contribution in [3.05, 3.63) is 78.4 Å². The standard InChI is InChI=1S/C19H22/c1-4-19(3,18-13-9-6-10-14-18)15-16(2)17-11-7-5-8-12-17/h5-14H,2,4,15H2,1,3H3. The Labute approximate surface area is 116 Å². The first-order chi connectivity index (χ1) is 9.15. The minimum absolute atomic E-state index is 0.161. The van der Waals surface area contributed by atoms with Crippen LogP contribution in [0.5, 0.6) is 0 Å². The van der Waals surface area contributed by atoms with Crippen molar-refractivity contribution < 1.29 is 0 Å².